The lowest BCUT2D eigenvalue weighted by Crippen LogP contribution is -2.47. The Hall–Kier alpha value is -1.59. The van der Waals surface area contributed by atoms with E-state index in [0.29, 0.717) is 41.8 Å². The van der Waals surface area contributed by atoms with Crippen LogP contribution in [-0.2, 0) is 16.6 Å². The van der Waals surface area contributed by atoms with Crippen LogP contribution in [0.3, 0.4) is 0 Å². The van der Waals surface area contributed by atoms with Crippen LogP contribution in [0.1, 0.15) is 24.0 Å². The highest BCUT2D eigenvalue weighted by Crippen LogP contribution is 2.30. The summed E-state index contributed by atoms with van der Waals surface area (Å²) in [5.74, 6) is 0.563. The van der Waals surface area contributed by atoms with Gasteiger partial charge in [0.15, 0.2) is 5.96 Å². The Kier molecular flexibility index (Phi) is 9.63. The molecule has 0 radical (unpaired) electrons. The Balaban J connectivity index is 0.00000420. The maximum absolute atomic E-state index is 12.6. The monoisotopic (exact) mass is 545 g/mol. The van der Waals surface area contributed by atoms with Crippen LogP contribution in [0.15, 0.2) is 29.3 Å². The Bertz CT molecular complexity index is 847. The van der Waals surface area contributed by atoms with Gasteiger partial charge in [0.25, 0.3) is 0 Å². The first-order chi connectivity index (χ1) is 13.2. The number of aliphatic imine (C=N–C) groups is 1. The summed E-state index contributed by atoms with van der Waals surface area (Å²) in [4.78, 5) is 4.09. The SMILES string of the molecule is CN=C(NCc1cccc(C#N)c1)NCC1CCN(S(=O)(=O)C(F)(F)F)CC1.I. The van der Waals surface area contributed by atoms with Crippen LogP contribution in [0.2, 0.25) is 0 Å². The number of alkyl halides is 3. The fourth-order valence-electron chi connectivity index (χ4n) is 2.90. The zero-order valence-corrected chi connectivity index (χ0v) is 18.9. The summed E-state index contributed by atoms with van der Waals surface area (Å²) < 4.78 is 61.2. The molecule has 162 valence electrons. The van der Waals surface area contributed by atoms with E-state index in [2.05, 4.69) is 21.7 Å². The lowest BCUT2D eigenvalue weighted by molar-refractivity contribution is -0.0496. The Morgan fingerprint density at radius 2 is 1.97 bits per heavy atom. The number of hydrogen-bond acceptors (Lipinski definition) is 4. The van der Waals surface area contributed by atoms with Crippen LogP contribution >= 0.6 is 24.0 Å². The second-order valence-corrected chi connectivity index (χ2v) is 8.34. The van der Waals surface area contributed by atoms with E-state index in [4.69, 9.17) is 5.26 Å². The third kappa shape index (κ3) is 7.00. The molecule has 1 aliphatic heterocycles. The number of guanidine groups is 1. The summed E-state index contributed by atoms with van der Waals surface area (Å²) in [5, 5.41) is 15.1. The average molecular weight is 545 g/mol. The standard InChI is InChI=1S/C17H22F3N5O2S.HI/c1-22-16(24-12-15-4-2-3-14(9-15)10-21)23-11-13-5-7-25(8-6-13)28(26,27)17(18,19)20;/h2-4,9,13H,5-8,11-12H2,1H3,(H2,22,23,24);1H. The Morgan fingerprint density at radius 1 is 1.31 bits per heavy atom. The number of nitrogens with zero attached hydrogens (tertiary/aromatic N) is 3. The van der Waals surface area contributed by atoms with Crippen molar-refractivity contribution in [3.63, 3.8) is 0 Å². The van der Waals surface area contributed by atoms with Crippen molar-refractivity contribution >= 4 is 40.0 Å². The van der Waals surface area contributed by atoms with Crippen LogP contribution in [0.25, 0.3) is 0 Å². The van der Waals surface area contributed by atoms with Gasteiger partial charge in [0, 0.05) is 33.2 Å². The molecule has 0 aromatic heterocycles. The molecule has 1 aromatic carbocycles. The molecule has 1 fully saturated rings. The van der Waals surface area contributed by atoms with E-state index in [-0.39, 0.29) is 43.0 Å². The molecule has 12 heteroatoms. The molecular formula is C17H23F3IN5O2S. The number of nitrogens with one attached hydrogen (secondary N) is 2. The molecule has 0 bridgehead atoms. The zero-order chi connectivity index (χ0) is 20.8. The van der Waals surface area contributed by atoms with Crippen LogP contribution in [0, 0.1) is 17.2 Å². The smallest absolute Gasteiger partial charge is 0.356 e. The van der Waals surface area contributed by atoms with E-state index in [9.17, 15) is 21.6 Å². The number of halogens is 4. The molecule has 29 heavy (non-hydrogen) atoms. The van der Waals surface area contributed by atoms with Gasteiger partial charge in [-0.25, -0.2) is 8.42 Å². The van der Waals surface area contributed by atoms with Gasteiger partial charge in [-0.15, -0.1) is 24.0 Å². The van der Waals surface area contributed by atoms with Crippen molar-refractivity contribution in [2.24, 2.45) is 10.9 Å². The van der Waals surface area contributed by atoms with Crippen molar-refractivity contribution in [3.8, 4) is 6.07 Å². The number of rotatable bonds is 5. The molecule has 1 aliphatic rings. The molecule has 1 aromatic rings. The second kappa shape index (κ2) is 11.0. The molecule has 1 heterocycles. The highest BCUT2D eigenvalue weighted by molar-refractivity contribution is 14.0. The minimum absolute atomic E-state index is 0. The van der Waals surface area contributed by atoms with Gasteiger partial charge < -0.3 is 10.6 Å². The minimum atomic E-state index is -5.26. The molecular weight excluding hydrogens is 522 g/mol. The fraction of sp³-hybridized carbons (Fsp3) is 0.529. The highest BCUT2D eigenvalue weighted by Gasteiger charge is 2.50. The van der Waals surface area contributed by atoms with Crippen molar-refractivity contribution in [2.75, 3.05) is 26.7 Å². The van der Waals surface area contributed by atoms with Crippen molar-refractivity contribution in [1.82, 2.24) is 14.9 Å². The van der Waals surface area contributed by atoms with E-state index in [1.54, 1.807) is 25.2 Å². The third-order valence-electron chi connectivity index (χ3n) is 4.50. The molecule has 0 aliphatic carbocycles. The summed E-state index contributed by atoms with van der Waals surface area (Å²) in [6.45, 7) is 0.623. The van der Waals surface area contributed by atoms with Gasteiger partial charge in [0.2, 0.25) is 0 Å². The third-order valence-corrected chi connectivity index (χ3v) is 6.13. The van der Waals surface area contributed by atoms with Gasteiger partial charge >= 0.3 is 15.5 Å². The van der Waals surface area contributed by atoms with E-state index in [1.165, 1.54) is 0 Å². The normalized spacial score (nSPS) is 16.6. The van der Waals surface area contributed by atoms with Gasteiger partial charge in [-0.2, -0.15) is 22.7 Å². The molecule has 2 rings (SSSR count). The second-order valence-electron chi connectivity index (χ2n) is 6.41. The number of sulfonamides is 1. The van der Waals surface area contributed by atoms with E-state index >= 15 is 0 Å². The average Bonchev–Trinajstić information content (AvgIpc) is 2.67. The predicted octanol–water partition coefficient (Wildman–Crippen LogP) is 2.40. The molecule has 0 amide bonds. The topological polar surface area (TPSA) is 97.6 Å². The highest BCUT2D eigenvalue weighted by atomic mass is 127. The van der Waals surface area contributed by atoms with E-state index in [1.807, 2.05) is 6.07 Å². The molecule has 0 unspecified atom stereocenters. The molecule has 0 atom stereocenters. The number of benzene rings is 1. The summed E-state index contributed by atoms with van der Waals surface area (Å²) in [7, 11) is -3.65. The summed E-state index contributed by atoms with van der Waals surface area (Å²) in [6, 6.07) is 9.20. The fourth-order valence-corrected chi connectivity index (χ4v) is 3.88. The van der Waals surface area contributed by atoms with Crippen LogP contribution in [0.5, 0.6) is 0 Å². The molecule has 7 nitrogen and oxygen atoms in total. The first-order valence-electron chi connectivity index (χ1n) is 8.67. The quantitative estimate of drug-likeness (QED) is 0.337. The molecule has 0 spiro atoms. The van der Waals surface area contributed by atoms with Gasteiger partial charge in [-0.3, -0.25) is 4.99 Å². The first kappa shape index (κ1) is 25.4. The zero-order valence-electron chi connectivity index (χ0n) is 15.7. The summed E-state index contributed by atoms with van der Waals surface area (Å²) >= 11 is 0. The Morgan fingerprint density at radius 3 is 2.52 bits per heavy atom. The van der Waals surface area contributed by atoms with Crippen molar-refractivity contribution in [2.45, 2.75) is 24.9 Å². The van der Waals surface area contributed by atoms with Gasteiger partial charge in [-0.1, -0.05) is 12.1 Å². The van der Waals surface area contributed by atoms with Crippen molar-refractivity contribution < 1.29 is 21.6 Å². The van der Waals surface area contributed by atoms with Crippen LogP contribution < -0.4 is 10.6 Å². The largest absolute Gasteiger partial charge is 0.511 e. The first-order valence-corrected chi connectivity index (χ1v) is 10.1. The minimum Gasteiger partial charge on any atom is -0.356 e. The van der Waals surface area contributed by atoms with Crippen molar-refractivity contribution in [1.29, 1.82) is 5.26 Å². The van der Waals surface area contributed by atoms with Gasteiger partial charge in [-0.05, 0) is 36.5 Å². The lowest BCUT2D eigenvalue weighted by atomic mass is 9.98. The van der Waals surface area contributed by atoms with Gasteiger partial charge in [0.1, 0.15) is 0 Å². The summed E-state index contributed by atoms with van der Waals surface area (Å²) in [5.41, 5.74) is -3.79. The number of nitriles is 1. The number of hydrogen-bond donors (Lipinski definition) is 2. The number of piperidine rings is 1. The van der Waals surface area contributed by atoms with E-state index in [0.717, 1.165) is 5.56 Å². The molecule has 2 N–H and O–H groups in total. The van der Waals surface area contributed by atoms with Gasteiger partial charge in [0.05, 0.1) is 11.6 Å². The van der Waals surface area contributed by atoms with Crippen LogP contribution in [0.4, 0.5) is 13.2 Å². The van der Waals surface area contributed by atoms with Crippen molar-refractivity contribution in [3.05, 3.63) is 35.4 Å². The maximum Gasteiger partial charge on any atom is 0.511 e. The van der Waals surface area contributed by atoms with Crippen LogP contribution in [-0.4, -0.2) is 50.9 Å². The molecule has 0 saturated carbocycles. The maximum atomic E-state index is 12.6. The van der Waals surface area contributed by atoms with E-state index < -0.39 is 15.5 Å². The molecule has 1 saturated heterocycles. The summed E-state index contributed by atoms with van der Waals surface area (Å²) in [6.07, 6.45) is 0.674. The predicted molar refractivity (Wildman–Crippen MR) is 114 cm³/mol. The Labute approximate surface area is 185 Å². The lowest BCUT2D eigenvalue weighted by Gasteiger charge is -2.31.